The normalized spacial score (nSPS) is 40.1. The lowest BCUT2D eigenvalue weighted by Gasteiger charge is -2.58. The number of carbonyl (C=O) groups is 1. The summed E-state index contributed by atoms with van der Waals surface area (Å²) in [6.45, 7) is 14.9. The lowest BCUT2D eigenvalue weighted by Crippen LogP contribution is -2.51. The Balaban J connectivity index is 1.16. The molecule has 0 amide bonds. The Morgan fingerprint density at radius 3 is 2.61 bits per heavy atom. The average Bonchev–Trinajstić information content (AvgIpc) is 3.59. The Morgan fingerprint density at radius 1 is 1.05 bits per heavy atom. The van der Waals surface area contributed by atoms with Crippen molar-refractivity contribution in [2.24, 2.45) is 52.3 Å². The molecule has 9 unspecified atom stereocenters. The molecule has 0 aromatic heterocycles. The highest BCUT2D eigenvalue weighted by Crippen LogP contribution is 2.67. The quantitative estimate of drug-likeness (QED) is 0.102. The second-order valence-electron chi connectivity index (χ2n) is 15.5. The number of hydrogen-bond donors (Lipinski definition) is 0. The van der Waals surface area contributed by atoms with Crippen molar-refractivity contribution < 1.29 is 9.53 Å². The molecule has 0 spiro atoms. The van der Waals surface area contributed by atoms with Crippen molar-refractivity contribution in [2.75, 3.05) is 5.75 Å². The van der Waals surface area contributed by atoms with Crippen molar-refractivity contribution >= 4 is 27.6 Å². The molecule has 1 aliphatic heterocycles. The summed E-state index contributed by atoms with van der Waals surface area (Å²) < 4.78 is 6.09. The van der Waals surface area contributed by atoms with Crippen LogP contribution in [-0.2, 0) is 9.53 Å². The van der Waals surface area contributed by atoms with E-state index >= 15 is 0 Å². The van der Waals surface area contributed by atoms with Gasteiger partial charge < -0.3 is 4.74 Å². The number of esters is 1. The van der Waals surface area contributed by atoms with Crippen molar-refractivity contribution in [3.8, 4) is 0 Å². The lowest BCUT2D eigenvalue weighted by atomic mass is 9.47. The van der Waals surface area contributed by atoms with Crippen LogP contribution in [0.1, 0.15) is 131 Å². The minimum absolute atomic E-state index is 0.0496. The zero-order chi connectivity index (χ0) is 29.2. The zero-order valence-corrected chi connectivity index (χ0v) is 28.8. The van der Waals surface area contributed by atoms with Gasteiger partial charge in [0.1, 0.15) is 6.10 Å². The van der Waals surface area contributed by atoms with Gasteiger partial charge in [-0.05, 0) is 123 Å². The highest BCUT2D eigenvalue weighted by Gasteiger charge is 2.59. The molecule has 10 atom stereocenters. The van der Waals surface area contributed by atoms with Gasteiger partial charge in [0, 0.05) is 23.8 Å². The molecule has 0 radical (unpaired) electrons. The van der Waals surface area contributed by atoms with E-state index in [1.54, 1.807) is 5.57 Å². The van der Waals surface area contributed by atoms with Crippen LogP contribution in [0.15, 0.2) is 23.8 Å². The second-order valence-corrected chi connectivity index (χ2v) is 18.3. The van der Waals surface area contributed by atoms with E-state index in [-0.39, 0.29) is 12.1 Å². The summed E-state index contributed by atoms with van der Waals surface area (Å²) in [7, 11) is 4.06. The Labute approximate surface area is 260 Å². The molecule has 1 saturated heterocycles. The lowest BCUT2D eigenvalue weighted by molar-refractivity contribution is -0.151. The van der Waals surface area contributed by atoms with Crippen LogP contribution in [0.25, 0.3) is 0 Å². The minimum atomic E-state index is 0.0496. The molecule has 5 aliphatic rings. The van der Waals surface area contributed by atoms with Gasteiger partial charge in [-0.1, -0.05) is 93.4 Å². The van der Waals surface area contributed by atoms with Gasteiger partial charge in [-0.3, -0.25) is 4.79 Å². The molecule has 1 heterocycles. The molecular formula is C37H60O2S2. The van der Waals surface area contributed by atoms with E-state index < -0.39 is 0 Å². The van der Waals surface area contributed by atoms with Gasteiger partial charge >= 0.3 is 5.97 Å². The van der Waals surface area contributed by atoms with Crippen molar-refractivity contribution in [1.29, 1.82) is 0 Å². The van der Waals surface area contributed by atoms with Crippen LogP contribution in [0.3, 0.4) is 0 Å². The second kappa shape index (κ2) is 13.7. The first-order chi connectivity index (χ1) is 19.7. The largest absolute Gasteiger partial charge is 0.462 e. The third-order valence-corrected chi connectivity index (χ3v) is 15.9. The van der Waals surface area contributed by atoms with Gasteiger partial charge in [-0.2, -0.15) is 0 Å². The number of unbranched alkanes of at least 4 members (excludes halogenated alkanes) is 1. The van der Waals surface area contributed by atoms with E-state index in [2.05, 4.69) is 59.8 Å². The molecule has 0 N–H and O–H groups in total. The predicted octanol–water partition coefficient (Wildman–Crippen LogP) is 11.1. The summed E-state index contributed by atoms with van der Waals surface area (Å²) in [5.41, 5.74) is 2.44. The standard InChI is InChI=1S/C37H60O2S2/c1-7-27(25(2)3)13-12-26(4)32-16-17-33-31-15-14-28-24-29(18-21-36(28,5)34(31)19-22-37(32,33)6)39-35(38)11-9-8-10-30-20-23-40-41-30/h12-14,25-27,29-34H,7-11,15-24H2,1-6H3/b13-12+/t26-,27?,29?,30?,31?,32?,33?,34?,36?,37?/m1/s1. The summed E-state index contributed by atoms with van der Waals surface area (Å²) in [4.78, 5) is 12.7. The molecule has 2 nitrogen and oxygen atoms in total. The van der Waals surface area contributed by atoms with Crippen molar-refractivity contribution in [3.63, 3.8) is 0 Å². The fourth-order valence-corrected chi connectivity index (χ4v) is 13.4. The number of carbonyl (C=O) groups excluding carboxylic acids is 1. The monoisotopic (exact) mass is 600 g/mol. The van der Waals surface area contributed by atoms with Crippen LogP contribution < -0.4 is 0 Å². The van der Waals surface area contributed by atoms with Crippen LogP contribution in [0.2, 0.25) is 0 Å². The Morgan fingerprint density at radius 2 is 1.88 bits per heavy atom. The number of fused-ring (bicyclic) bond motifs is 5. The fourth-order valence-electron chi connectivity index (χ4n) is 10.4. The highest BCUT2D eigenvalue weighted by molar-refractivity contribution is 8.77. The molecular weight excluding hydrogens is 541 g/mol. The van der Waals surface area contributed by atoms with E-state index in [1.165, 1.54) is 63.5 Å². The summed E-state index contributed by atoms with van der Waals surface area (Å²) in [5, 5.41) is 0.811. The van der Waals surface area contributed by atoms with Gasteiger partial charge in [0.25, 0.3) is 0 Å². The van der Waals surface area contributed by atoms with E-state index in [0.717, 1.165) is 66.4 Å². The molecule has 232 valence electrons. The first-order valence-electron chi connectivity index (χ1n) is 17.5. The first kappa shape index (κ1) is 32.1. The van der Waals surface area contributed by atoms with Crippen molar-refractivity contribution in [2.45, 2.75) is 143 Å². The smallest absolute Gasteiger partial charge is 0.306 e. The Bertz CT molecular complexity index is 951. The van der Waals surface area contributed by atoms with Crippen molar-refractivity contribution in [1.82, 2.24) is 0 Å². The molecule has 0 aromatic carbocycles. The van der Waals surface area contributed by atoms with Crippen LogP contribution in [0, 0.1) is 52.3 Å². The van der Waals surface area contributed by atoms with Crippen LogP contribution in [0.5, 0.6) is 0 Å². The maximum Gasteiger partial charge on any atom is 0.306 e. The highest BCUT2D eigenvalue weighted by atomic mass is 33.1. The summed E-state index contributed by atoms with van der Waals surface area (Å²) in [6.07, 6.45) is 24.7. The maximum absolute atomic E-state index is 12.7. The van der Waals surface area contributed by atoms with Crippen LogP contribution in [-0.4, -0.2) is 23.1 Å². The van der Waals surface area contributed by atoms with Crippen molar-refractivity contribution in [3.05, 3.63) is 23.8 Å². The summed E-state index contributed by atoms with van der Waals surface area (Å²) >= 11 is 0. The SMILES string of the molecule is CCC(/C=C/[C@@H](C)C1CCC2C3CC=C4CC(OC(=O)CCCCC5CCSS5)CCC4(C)C3CCC21C)C(C)C. The average molecular weight is 601 g/mol. The molecule has 4 aliphatic carbocycles. The van der Waals surface area contributed by atoms with Gasteiger partial charge in [-0.15, -0.1) is 0 Å². The number of ether oxygens (including phenoxy) is 1. The number of rotatable bonds is 11. The number of hydrogen-bond acceptors (Lipinski definition) is 4. The molecule has 3 saturated carbocycles. The number of allylic oxidation sites excluding steroid dienone is 3. The van der Waals surface area contributed by atoms with Crippen LogP contribution in [0.4, 0.5) is 0 Å². The summed E-state index contributed by atoms with van der Waals surface area (Å²) in [5.74, 6) is 6.85. The summed E-state index contributed by atoms with van der Waals surface area (Å²) in [6, 6.07) is 0. The van der Waals surface area contributed by atoms with E-state index in [0.29, 0.717) is 23.2 Å². The topological polar surface area (TPSA) is 26.3 Å². The Hall–Kier alpha value is -0.350. The Kier molecular flexibility index (Phi) is 10.7. The third kappa shape index (κ3) is 6.84. The molecule has 4 fully saturated rings. The molecule has 5 rings (SSSR count). The molecule has 4 heteroatoms. The third-order valence-electron chi connectivity index (χ3n) is 12.9. The maximum atomic E-state index is 12.7. The first-order valence-corrected chi connectivity index (χ1v) is 19.9. The zero-order valence-electron chi connectivity index (χ0n) is 27.2. The molecule has 0 bridgehead atoms. The van der Waals surface area contributed by atoms with Crippen LogP contribution >= 0.6 is 21.6 Å². The van der Waals surface area contributed by atoms with Gasteiger partial charge in [0.2, 0.25) is 0 Å². The molecule has 41 heavy (non-hydrogen) atoms. The van der Waals surface area contributed by atoms with Gasteiger partial charge in [0.15, 0.2) is 0 Å². The van der Waals surface area contributed by atoms with Gasteiger partial charge in [-0.25, -0.2) is 0 Å². The van der Waals surface area contributed by atoms with Gasteiger partial charge in [0.05, 0.1) is 0 Å². The van der Waals surface area contributed by atoms with E-state index in [4.69, 9.17) is 4.74 Å². The van der Waals surface area contributed by atoms with E-state index in [1.807, 2.05) is 21.6 Å². The molecule has 0 aromatic rings. The minimum Gasteiger partial charge on any atom is -0.462 e. The predicted molar refractivity (Wildman–Crippen MR) is 179 cm³/mol. The fraction of sp³-hybridized carbons (Fsp3) is 0.865. The van der Waals surface area contributed by atoms with E-state index in [9.17, 15) is 4.79 Å².